The quantitative estimate of drug-likeness (QED) is 0.391. The zero-order chi connectivity index (χ0) is 27.6. The van der Waals surface area contributed by atoms with Crippen molar-refractivity contribution in [2.24, 2.45) is 13.0 Å². The molecule has 0 bridgehead atoms. The van der Waals surface area contributed by atoms with Crippen LogP contribution in [0.1, 0.15) is 77.5 Å². The first-order chi connectivity index (χ1) is 18.5. The molecule has 0 unspecified atom stereocenters. The van der Waals surface area contributed by atoms with Gasteiger partial charge in [-0.05, 0) is 85.9 Å². The van der Waals surface area contributed by atoms with Crippen molar-refractivity contribution in [3.8, 4) is 0 Å². The number of nitrogens with one attached hydrogen (secondary N) is 1. The van der Waals surface area contributed by atoms with E-state index in [1.54, 1.807) is 24.5 Å². The van der Waals surface area contributed by atoms with Crippen LogP contribution in [0.5, 0.6) is 0 Å². The van der Waals surface area contributed by atoms with Gasteiger partial charge in [0.25, 0.3) is 5.91 Å². The van der Waals surface area contributed by atoms with E-state index in [2.05, 4.69) is 22.4 Å². The second-order valence-electron chi connectivity index (χ2n) is 11.7. The minimum absolute atomic E-state index is 0.000612. The van der Waals surface area contributed by atoms with Crippen LogP contribution in [-0.4, -0.2) is 32.9 Å². The van der Waals surface area contributed by atoms with Crippen LogP contribution >= 0.6 is 0 Å². The lowest BCUT2D eigenvalue weighted by Crippen LogP contribution is -2.47. The van der Waals surface area contributed by atoms with Crippen LogP contribution in [0.4, 0.5) is 23.2 Å². The van der Waals surface area contributed by atoms with E-state index in [0.29, 0.717) is 29.9 Å². The lowest BCUT2D eigenvalue weighted by atomic mass is 9.58. The summed E-state index contributed by atoms with van der Waals surface area (Å²) in [5.41, 5.74) is 0.494. The Balaban J connectivity index is 1.34. The summed E-state index contributed by atoms with van der Waals surface area (Å²) in [6.45, 7) is 1.74. The Bertz CT molecular complexity index is 1420. The van der Waals surface area contributed by atoms with Gasteiger partial charge in [0.05, 0.1) is 24.2 Å². The van der Waals surface area contributed by atoms with E-state index < -0.39 is 29.7 Å². The number of nitrogens with zero attached hydrogens (tertiary/aromatic N) is 4. The number of rotatable bonds is 7. The maximum absolute atomic E-state index is 14.2. The van der Waals surface area contributed by atoms with E-state index in [4.69, 9.17) is 0 Å². The zero-order valence-electron chi connectivity index (χ0n) is 22.0. The molecular weight excluding hydrogens is 510 g/mol. The monoisotopic (exact) mass is 541 g/mol. The molecule has 3 aromatic rings. The molecule has 1 aliphatic heterocycles. The first-order valence-corrected chi connectivity index (χ1v) is 13.3. The van der Waals surface area contributed by atoms with Gasteiger partial charge in [0, 0.05) is 30.4 Å². The van der Waals surface area contributed by atoms with Gasteiger partial charge in [0.15, 0.2) is 0 Å². The fraction of sp³-hybridized carbons (Fsp3) is 0.483. The van der Waals surface area contributed by atoms with Gasteiger partial charge in [-0.2, -0.15) is 13.2 Å². The predicted octanol–water partition coefficient (Wildman–Crippen LogP) is 5.69. The lowest BCUT2D eigenvalue weighted by Gasteiger charge is -2.46. The number of anilines is 1. The maximum Gasteiger partial charge on any atom is 0.416 e. The van der Waals surface area contributed by atoms with E-state index in [1.807, 2.05) is 23.7 Å². The van der Waals surface area contributed by atoms with Crippen molar-refractivity contribution in [2.45, 2.75) is 69.2 Å². The van der Waals surface area contributed by atoms with Crippen molar-refractivity contribution >= 4 is 11.6 Å². The fourth-order valence-electron chi connectivity index (χ4n) is 6.50. The molecule has 2 fully saturated rings. The third-order valence-corrected chi connectivity index (χ3v) is 8.93. The molecule has 1 aromatic heterocycles. The first-order valence-electron chi connectivity index (χ1n) is 13.3. The van der Waals surface area contributed by atoms with Gasteiger partial charge in [-0.25, -0.2) is 0 Å². The molecule has 1 N–H and O–H groups in total. The van der Waals surface area contributed by atoms with E-state index in [1.165, 1.54) is 11.0 Å². The highest BCUT2D eigenvalue weighted by molar-refractivity contribution is 6.10. The van der Waals surface area contributed by atoms with Crippen molar-refractivity contribution in [1.29, 1.82) is 0 Å². The van der Waals surface area contributed by atoms with Crippen molar-refractivity contribution < 1.29 is 22.4 Å². The minimum atomic E-state index is -4.58. The third-order valence-electron chi connectivity index (χ3n) is 8.93. The molecule has 206 valence electrons. The van der Waals surface area contributed by atoms with Crippen LogP contribution in [0.25, 0.3) is 0 Å². The first kappa shape index (κ1) is 26.0. The van der Waals surface area contributed by atoms with Gasteiger partial charge in [-0.3, -0.25) is 9.18 Å². The fourth-order valence-corrected chi connectivity index (χ4v) is 6.50. The average molecular weight is 542 g/mol. The standard InChI is InChI=1S/C29H31F4N5O/c1-27(7-4-8-27)34-15-18-9-22-23(24(10-18)29(31,32)33)16-38(25(22)39)21-6-3-5-20(11-21)28(12-19(13-28)14-30)26-36-35-17-37(26)2/h3,5-6,9-11,17,19,34H,4,7-8,12-16H2,1-2H3/t19-,28-. The number of fused-ring (bicyclic) bond motifs is 1. The number of halogens is 4. The van der Waals surface area contributed by atoms with Crippen molar-refractivity contribution in [1.82, 2.24) is 20.1 Å². The molecule has 2 aliphatic carbocycles. The van der Waals surface area contributed by atoms with Crippen molar-refractivity contribution in [2.75, 3.05) is 11.6 Å². The molecule has 0 radical (unpaired) electrons. The number of aryl methyl sites for hydroxylation is 1. The summed E-state index contributed by atoms with van der Waals surface area (Å²) in [6, 6.07) is 10.0. The minimum Gasteiger partial charge on any atom is -0.320 e. The molecule has 0 atom stereocenters. The number of aromatic nitrogens is 3. The molecule has 10 heteroatoms. The third kappa shape index (κ3) is 4.33. The summed E-state index contributed by atoms with van der Waals surface area (Å²) in [4.78, 5) is 15.0. The van der Waals surface area contributed by atoms with Gasteiger partial charge < -0.3 is 14.8 Å². The van der Waals surface area contributed by atoms with Crippen LogP contribution < -0.4 is 10.2 Å². The van der Waals surface area contributed by atoms with Gasteiger partial charge in [0.2, 0.25) is 0 Å². The van der Waals surface area contributed by atoms with E-state index in [0.717, 1.165) is 24.8 Å². The Kier molecular flexibility index (Phi) is 6.09. The normalized spacial score (nSPS) is 23.9. The highest BCUT2D eigenvalue weighted by atomic mass is 19.4. The molecule has 3 aliphatic rings. The molecule has 39 heavy (non-hydrogen) atoms. The van der Waals surface area contributed by atoms with Crippen molar-refractivity contribution in [3.05, 3.63) is 76.4 Å². The summed E-state index contributed by atoms with van der Waals surface area (Å²) in [6.07, 6.45) is 1.16. The molecular formula is C29H31F4N5O. The van der Waals surface area contributed by atoms with Gasteiger partial charge in [-0.1, -0.05) is 12.1 Å². The Morgan fingerprint density at radius 2 is 1.92 bits per heavy atom. The molecule has 2 aromatic carbocycles. The Morgan fingerprint density at radius 1 is 1.15 bits per heavy atom. The second-order valence-corrected chi connectivity index (χ2v) is 11.7. The van der Waals surface area contributed by atoms with Gasteiger partial charge in [-0.15, -0.1) is 10.2 Å². The van der Waals surface area contributed by atoms with Gasteiger partial charge >= 0.3 is 6.18 Å². The van der Waals surface area contributed by atoms with Crippen LogP contribution in [0.15, 0.2) is 42.7 Å². The second kappa shape index (κ2) is 9.15. The summed E-state index contributed by atoms with van der Waals surface area (Å²) in [5, 5.41) is 11.7. The average Bonchev–Trinajstić information content (AvgIpc) is 3.44. The number of hydrogen-bond donors (Lipinski definition) is 1. The Labute approximate surface area is 224 Å². The molecule has 2 saturated carbocycles. The summed E-state index contributed by atoms with van der Waals surface area (Å²) in [7, 11) is 1.83. The number of alkyl halides is 4. The van der Waals surface area contributed by atoms with Crippen molar-refractivity contribution in [3.63, 3.8) is 0 Å². The number of amides is 1. The summed E-state index contributed by atoms with van der Waals surface area (Å²) >= 11 is 0. The highest BCUT2D eigenvalue weighted by Crippen LogP contribution is 2.52. The van der Waals surface area contributed by atoms with Gasteiger partial charge in [0.1, 0.15) is 12.2 Å². The summed E-state index contributed by atoms with van der Waals surface area (Å²) in [5.74, 6) is 0.149. The topological polar surface area (TPSA) is 63.1 Å². The molecule has 2 heterocycles. The van der Waals surface area contributed by atoms with E-state index in [9.17, 15) is 22.4 Å². The maximum atomic E-state index is 14.2. The van der Waals surface area contributed by atoms with Crippen LogP contribution in [0, 0.1) is 5.92 Å². The molecule has 6 nitrogen and oxygen atoms in total. The number of benzene rings is 2. The van der Waals surface area contributed by atoms with E-state index in [-0.39, 0.29) is 35.7 Å². The summed E-state index contributed by atoms with van der Waals surface area (Å²) < 4.78 is 57.8. The Hall–Kier alpha value is -3.27. The number of carbonyl (C=O) groups is 1. The lowest BCUT2D eigenvalue weighted by molar-refractivity contribution is -0.138. The highest BCUT2D eigenvalue weighted by Gasteiger charge is 2.50. The van der Waals surface area contributed by atoms with E-state index >= 15 is 0 Å². The number of hydrogen-bond acceptors (Lipinski definition) is 4. The molecule has 1 amide bonds. The number of carbonyl (C=O) groups excluding carboxylic acids is 1. The SMILES string of the molecule is Cn1cnnc1[C@]1(c2cccc(N3Cc4c(cc(CNC5(C)CCC5)cc4C(F)(F)F)C3=O)c2)C[C@@H](CF)C1. The molecule has 0 spiro atoms. The molecule has 6 rings (SSSR count). The van der Waals surface area contributed by atoms with Crippen LogP contribution in [0.2, 0.25) is 0 Å². The smallest absolute Gasteiger partial charge is 0.320 e. The van der Waals surface area contributed by atoms with Crippen LogP contribution in [-0.2, 0) is 31.7 Å². The van der Waals surface area contributed by atoms with Crippen LogP contribution in [0.3, 0.4) is 0 Å². The predicted molar refractivity (Wildman–Crippen MR) is 138 cm³/mol. The zero-order valence-corrected chi connectivity index (χ0v) is 22.0. The largest absolute Gasteiger partial charge is 0.416 e. The Morgan fingerprint density at radius 3 is 2.54 bits per heavy atom. The molecule has 0 saturated heterocycles.